The lowest BCUT2D eigenvalue weighted by Gasteiger charge is -2.18. The van der Waals surface area contributed by atoms with Gasteiger partial charge < -0.3 is 4.74 Å². The smallest absolute Gasteiger partial charge is 0.373 e. The van der Waals surface area contributed by atoms with Gasteiger partial charge in [0.2, 0.25) is 6.54 Å². The summed E-state index contributed by atoms with van der Waals surface area (Å²) in [5.41, 5.74) is 1.98. The number of aromatic nitrogens is 5. The normalized spacial score (nSPS) is 11.6. The third-order valence-electron chi connectivity index (χ3n) is 3.11. The van der Waals surface area contributed by atoms with Crippen molar-refractivity contribution in [3.8, 4) is 11.3 Å². The Balaban J connectivity index is 1.80. The molecule has 0 radical (unpaired) electrons. The molecule has 0 saturated carbocycles. The number of rotatable bonds is 3. The van der Waals surface area contributed by atoms with E-state index in [4.69, 9.17) is 4.74 Å². The summed E-state index contributed by atoms with van der Waals surface area (Å²) in [6, 6.07) is 3.81. The molecule has 3 rings (SSSR count). The standard InChI is InChI=1S/C16H18N5O2/c1-16(2,3)23-15(22)10-20-6-4-12(5-7-20)13-8-17-9-14-18-11-19-21(13)14/h4-9,11H,10H2,1-3H3/q+1. The van der Waals surface area contributed by atoms with Gasteiger partial charge in [-0.3, -0.25) is 4.98 Å². The van der Waals surface area contributed by atoms with E-state index in [1.54, 1.807) is 21.5 Å². The van der Waals surface area contributed by atoms with E-state index in [2.05, 4.69) is 15.1 Å². The van der Waals surface area contributed by atoms with Gasteiger partial charge in [0.25, 0.3) is 0 Å². The molecule has 23 heavy (non-hydrogen) atoms. The molecule has 0 fully saturated rings. The molecule has 7 heteroatoms. The molecule has 0 aliphatic heterocycles. The number of hydrogen-bond donors (Lipinski definition) is 0. The highest BCUT2D eigenvalue weighted by Crippen LogP contribution is 2.16. The van der Waals surface area contributed by atoms with Crippen molar-refractivity contribution in [1.82, 2.24) is 19.6 Å². The quantitative estimate of drug-likeness (QED) is 0.540. The molecule has 0 atom stereocenters. The predicted molar refractivity (Wildman–Crippen MR) is 82.3 cm³/mol. The van der Waals surface area contributed by atoms with E-state index in [-0.39, 0.29) is 12.5 Å². The van der Waals surface area contributed by atoms with E-state index in [0.717, 1.165) is 11.3 Å². The lowest BCUT2D eigenvalue weighted by atomic mass is 10.2. The van der Waals surface area contributed by atoms with Crippen molar-refractivity contribution in [2.75, 3.05) is 0 Å². The molecule has 0 N–H and O–H groups in total. The average molecular weight is 312 g/mol. The van der Waals surface area contributed by atoms with Crippen molar-refractivity contribution >= 4 is 11.6 Å². The Labute approximate surface area is 133 Å². The molecule has 0 aliphatic rings. The monoisotopic (exact) mass is 312 g/mol. The summed E-state index contributed by atoms with van der Waals surface area (Å²) in [6.07, 6.45) is 8.54. The van der Waals surface area contributed by atoms with Crippen molar-refractivity contribution in [3.05, 3.63) is 43.2 Å². The van der Waals surface area contributed by atoms with Crippen molar-refractivity contribution < 1.29 is 14.1 Å². The number of carbonyl (C=O) groups is 1. The fourth-order valence-electron chi connectivity index (χ4n) is 2.21. The third-order valence-corrected chi connectivity index (χ3v) is 3.11. The number of pyridine rings is 1. The van der Waals surface area contributed by atoms with Gasteiger partial charge in [-0.15, -0.1) is 0 Å². The summed E-state index contributed by atoms with van der Waals surface area (Å²) in [5, 5.41) is 4.19. The maximum Gasteiger partial charge on any atom is 0.373 e. The van der Waals surface area contributed by atoms with Crippen LogP contribution in [0.25, 0.3) is 16.9 Å². The molecule has 118 valence electrons. The number of fused-ring (bicyclic) bond motifs is 1. The third kappa shape index (κ3) is 3.50. The number of ether oxygens (including phenoxy) is 1. The van der Waals surface area contributed by atoms with Crippen molar-refractivity contribution in [2.45, 2.75) is 32.9 Å². The van der Waals surface area contributed by atoms with Crippen molar-refractivity contribution in [3.63, 3.8) is 0 Å². The van der Waals surface area contributed by atoms with Crippen LogP contribution in [-0.4, -0.2) is 31.2 Å². The minimum absolute atomic E-state index is 0.170. The van der Waals surface area contributed by atoms with Crippen molar-refractivity contribution in [1.29, 1.82) is 0 Å². The molecule has 0 aromatic carbocycles. The maximum absolute atomic E-state index is 11.8. The molecule has 3 heterocycles. The molecule has 0 amide bonds. The van der Waals surface area contributed by atoms with E-state index in [0.29, 0.717) is 5.65 Å². The van der Waals surface area contributed by atoms with Gasteiger partial charge in [-0.1, -0.05) is 0 Å². The number of esters is 1. The van der Waals surface area contributed by atoms with E-state index in [9.17, 15) is 4.79 Å². The van der Waals surface area contributed by atoms with Crippen LogP contribution in [0.1, 0.15) is 20.8 Å². The molecular weight excluding hydrogens is 294 g/mol. The zero-order valence-corrected chi connectivity index (χ0v) is 13.3. The Bertz CT molecular complexity index is 834. The lowest BCUT2D eigenvalue weighted by molar-refractivity contribution is -0.686. The van der Waals surface area contributed by atoms with E-state index in [1.165, 1.54) is 6.33 Å². The van der Waals surface area contributed by atoms with Crippen LogP contribution >= 0.6 is 0 Å². The highest BCUT2D eigenvalue weighted by molar-refractivity contribution is 5.68. The van der Waals surface area contributed by atoms with Gasteiger partial charge in [-0.25, -0.2) is 14.3 Å². The minimum atomic E-state index is -0.480. The number of nitrogens with zero attached hydrogens (tertiary/aromatic N) is 5. The minimum Gasteiger partial charge on any atom is -0.455 e. The summed E-state index contributed by atoms with van der Waals surface area (Å²) in [6.45, 7) is 5.72. The van der Waals surface area contributed by atoms with Crippen LogP contribution in [0.2, 0.25) is 0 Å². The fraction of sp³-hybridized carbons (Fsp3) is 0.312. The van der Waals surface area contributed by atoms with E-state index >= 15 is 0 Å². The summed E-state index contributed by atoms with van der Waals surface area (Å²) in [7, 11) is 0. The Morgan fingerprint density at radius 1 is 1.26 bits per heavy atom. The Morgan fingerprint density at radius 3 is 2.70 bits per heavy atom. The molecule has 3 aromatic rings. The van der Waals surface area contributed by atoms with Crippen LogP contribution in [0.15, 0.2) is 43.2 Å². The topological polar surface area (TPSA) is 73.3 Å². The molecule has 0 unspecified atom stereocenters. The molecular formula is C16H18N5O2+. The van der Waals surface area contributed by atoms with Gasteiger partial charge in [-0.05, 0) is 20.8 Å². The van der Waals surface area contributed by atoms with Crippen LogP contribution in [-0.2, 0) is 16.1 Å². The summed E-state index contributed by atoms with van der Waals surface area (Å²) in [4.78, 5) is 20.1. The van der Waals surface area contributed by atoms with Crippen LogP contribution in [0, 0.1) is 0 Å². The molecule has 0 saturated heterocycles. The van der Waals surface area contributed by atoms with Gasteiger partial charge in [0.15, 0.2) is 18.0 Å². The zero-order chi connectivity index (χ0) is 16.4. The first kappa shape index (κ1) is 15.1. The van der Waals surface area contributed by atoms with E-state index in [1.807, 2.05) is 45.3 Å². The molecule has 3 aromatic heterocycles. The van der Waals surface area contributed by atoms with Gasteiger partial charge in [0, 0.05) is 17.7 Å². The highest BCUT2D eigenvalue weighted by atomic mass is 16.6. The fourth-order valence-corrected chi connectivity index (χ4v) is 2.21. The Kier molecular flexibility index (Phi) is 3.77. The average Bonchev–Trinajstić information content (AvgIpc) is 2.94. The summed E-state index contributed by atoms with van der Waals surface area (Å²) in [5.74, 6) is -0.268. The predicted octanol–water partition coefficient (Wildman–Crippen LogP) is 1.42. The number of carbonyl (C=O) groups excluding carboxylic acids is 1. The van der Waals surface area contributed by atoms with Gasteiger partial charge in [0.1, 0.15) is 11.9 Å². The van der Waals surface area contributed by atoms with Gasteiger partial charge in [-0.2, -0.15) is 9.67 Å². The van der Waals surface area contributed by atoms with Crippen LogP contribution in [0.5, 0.6) is 0 Å². The largest absolute Gasteiger partial charge is 0.455 e. The second kappa shape index (κ2) is 5.75. The highest BCUT2D eigenvalue weighted by Gasteiger charge is 2.19. The first-order valence-electron chi connectivity index (χ1n) is 7.27. The summed E-state index contributed by atoms with van der Waals surface area (Å²) >= 11 is 0. The van der Waals surface area contributed by atoms with Crippen molar-refractivity contribution in [2.24, 2.45) is 0 Å². The van der Waals surface area contributed by atoms with Crippen LogP contribution in [0.4, 0.5) is 0 Å². The molecule has 0 bridgehead atoms. The first-order valence-corrected chi connectivity index (χ1v) is 7.27. The lowest BCUT2D eigenvalue weighted by Crippen LogP contribution is -2.40. The second-order valence-corrected chi connectivity index (χ2v) is 6.17. The molecule has 0 aliphatic carbocycles. The van der Waals surface area contributed by atoms with Crippen LogP contribution in [0.3, 0.4) is 0 Å². The van der Waals surface area contributed by atoms with E-state index < -0.39 is 5.60 Å². The zero-order valence-electron chi connectivity index (χ0n) is 13.3. The maximum atomic E-state index is 11.8. The summed E-state index contributed by atoms with van der Waals surface area (Å²) < 4.78 is 8.80. The second-order valence-electron chi connectivity index (χ2n) is 6.17. The van der Waals surface area contributed by atoms with Gasteiger partial charge in [0.05, 0.1) is 18.1 Å². The van der Waals surface area contributed by atoms with Crippen LogP contribution < -0.4 is 4.57 Å². The molecule has 0 spiro atoms. The number of hydrogen-bond acceptors (Lipinski definition) is 5. The van der Waals surface area contributed by atoms with Gasteiger partial charge >= 0.3 is 5.97 Å². The first-order chi connectivity index (χ1) is 10.9. The molecule has 7 nitrogen and oxygen atoms in total. The Hall–Kier alpha value is -2.83. The Morgan fingerprint density at radius 2 is 2.00 bits per heavy atom. The SMILES string of the molecule is CC(C)(C)OC(=O)C[n+]1ccc(-c2cncc3ncnn23)cc1.